The number of hydrogen-bond acceptors (Lipinski definition) is 1. The fourth-order valence-corrected chi connectivity index (χ4v) is 2.30. The van der Waals surface area contributed by atoms with Gasteiger partial charge >= 0.3 is 0 Å². The van der Waals surface area contributed by atoms with E-state index in [-0.39, 0.29) is 0 Å². The van der Waals surface area contributed by atoms with Crippen molar-refractivity contribution in [3.63, 3.8) is 0 Å². The topological polar surface area (TPSA) is 0 Å². The number of thiophene rings is 1. The molecule has 0 saturated heterocycles. The molecule has 0 bridgehead atoms. The smallest absolute Gasteiger partial charge is 0.159 e. The Morgan fingerprint density at radius 1 is 1.07 bits per heavy atom. The summed E-state index contributed by atoms with van der Waals surface area (Å²) in [5, 5.41) is 2.36. The first-order valence-corrected chi connectivity index (χ1v) is 5.12. The van der Waals surface area contributed by atoms with Gasteiger partial charge in [0.2, 0.25) is 0 Å². The molecule has 0 spiro atoms. The standard InChI is InChI=1S/C10H5ClF2S/c11-7-3-4-14-10(7)6-1-2-8(12)9(13)5-6/h1-5H. The lowest BCUT2D eigenvalue weighted by Crippen LogP contribution is -1.83. The van der Waals surface area contributed by atoms with Crippen LogP contribution in [0.4, 0.5) is 8.78 Å². The molecule has 1 heterocycles. The molecule has 0 aliphatic carbocycles. The molecular weight excluding hydrogens is 226 g/mol. The maximum Gasteiger partial charge on any atom is 0.159 e. The second-order valence-corrected chi connectivity index (χ2v) is 4.05. The molecule has 0 fully saturated rings. The summed E-state index contributed by atoms with van der Waals surface area (Å²) in [5.74, 6) is -1.70. The largest absolute Gasteiger partial charge is 0.204 e. The van der Waals surface area contributed by atoms with Crippen LogP contribution in [0.2, 0.25) is 5.02 Å². The third-order valence-corrected chi connectivity index (χ3v) is 3.19. The molecule has 14 heavy (non-hydrogen) atoms. The molecule has 0 amide bonds. The van der Waals surface area contributed by atoms with Crippen LogP contribution < -0.4 is 0 Å². The molecule has 0 unspecified atom stereocenters. The summed E-state index contributed by atoms with van der Waals surface area (Å²) in [5.41, 5.74) is 0.601. The molecular formula is C10H5ClF2S. The zero-order valence-corrected chi connectivity index (χ0v) is 8.50. The summed E-state index contributed by atoms with van der Waals surface area (Å²) in [4.78, 5) is 0.755. The molecule has 2 aromatic rings. The Bertz CT molecular complexity index is 465. The first-order valence-electron chi connectivity index (χ1n) is 3.87. The fraction of sp³-hybridized carbons (Fsp3) is 0. The second kappa shape index (κ2) is 3.67. The van der Waals surface area contributed by atoms with E-state index in [1.54, 1.807) is 11.4 Å². The van der Waals surface area contributed by atoms with E-state index in [0.717, 1.165) is 17.0 Å². The number of halogens is 3. The third kappa shape index (κ3) is 1.65. The van der Waals surface area contributed by atoms with Gasteiger partial charge in [-0.3, -0.25) is 0 Å². The molecule has 72 valence electrons. The van der Waals surface area contributed by atoms with Crippen LogP contribution in [0.15, 0.2) is 29.6 Å². The molecule has 0 radical (unpaired) electrons. The van der Waals surface area contributed by atoms with Crippen molar-refractivity contribution in [3.8, 4) is 10.4 Å². The highest BCUT2D eigenvalue weighted by Crippen LogP contribution is 2.33. The van der Waals surface area contributed by atoms with E-state index in [9.17, 15) is 8.78 Å². The van der Waals surface area contributed by atoms with Crippen molar-refractivity contribution in [1.29, 1.82) is 0 Å². The van der Waals surface area contributed by atoms with Crippen molar-refractivity contribution < 1.29 is 8.78 Å². The van der Waals surface area contributed by atoms with Crippen molar-refractivity contribution >= 4 is 22.9 Å². The van der Waals surface area contributed by atoms with Gasteiger partial charge in [0.05, 0.1) is 9.90 Å². The van der Waals surface area contributed by atoms with Crippen LogP contribution in [0.1, 0.15) is 0 Å². The minimum atomic E-state index is -0.855. The van der Waals surface area contributed by atoms with Gasteiger partial charge in [0.15, 0.2) is 11.6 Å². The van der Waals surface area contributed by atoms with E-state index < -0.39 is 11.6 Å². The average Bonchev–Trinajstić information content (AvgIpc) is 2.57. The third-order valence-electron chi connectivity index (χ3n) is 1.80. The van der Waals surface area contributed by atoms with E-state index in [2.05, 4.69) is 0 Å². The van der Waals surface area contributed by atoms with Gasteiger partial charge in [0, 0.05) is 0 Å². The van der Waals surface area contributed by atoms with Crippen molar-refractivity contribution in [2.75, 3.05) is 0 Å². The first-order chi connectivity index (χ1) is 6.68. The summed E-state index contributed by atoms with van der Waals surface area (Å²) in [6, 6.07) is 5.48. The highest BCUT2D eigenvalue weighted by atomic mass is 35.5. The zero-order chi connectivity index (χ0) is 10.1. The van der Waals surface area contributed by atoms with Crippen molar-refractivity contribution in [2.45, 2.75) is 0 Å². The lowest BCUT2D eigenvalue weighted by molar-refractivity contribution is 0.509. The van der Waals surface area contributed by atoms with Crippen LogP contribution in [0.25, 0.3) is 10.4 Å². The molecule has 2 rings (SSSR count). The number of rotatable bonds is 1. The van der Waals surface area contributed by atoms with Crippen LogP contribution in [-0.4, -0.2) is 0 Å². The number of benzene rings is 1. The molecule has 0 atom stereocenters. The molecule has 0 nitrogen and oxygen atoms in total. The van der Waals surface area contributed by atoms with Crippen LogP contribution in [0, 0.1) is 11.6 Å². The monoisotopic (exact) mass is 230 g/mol. The maximum absolute atomic E-state index is 12.9. The van der Waals surface area contributed by atoms with Gasteiger partial charge in [0.25, 0.3) is 0 Å². The maximum atomic E-state index is 12.9. The Morgan fingerprint density at radius 2 is 1.86 bits per heavy atom. The summed E-state index contributed by atoms with van der Waals surface area (Å²) in [7, 11) is 0. The molecule has 1 aromatic carbocycles. The normalized spacial score (nSPS) is 10.5. The Balaban J connectivity index is 2.53. The lowest BCUT2D eigenvalue weighted by Gasteiger charge is -1.99. The summed E-state index contributed by atoms with van der Waals surface area (Å²) in [6.45, 7) is 0. The Hall–Kier alpha value is -0.930. The molecule has 0 N–H and O–H groups in total. The van der Waals surface area contributed by atoms with Gasteiger partial charge in [-0.2, -0.15) is 0 Å². The Kier molecular flexibility index (Phi) is 2.52. The summed E-state index contributed by atoms with van der Waals surface area (Å²) >= 11 is 7.26. The highest BCUT2D eigenvalue weighted by molar-refractivity contribution is 7.14. The van der Waals surface area contributed by atoms with Gasteiger partial charge < -0.3 is 0 Å². The summed E-state index contributed by atoms with van der Waals surface area (Å²) < 4.78 is 25.5. The van der Waals surface area contributed by atoms with Crippen LogP contribution in [0.3, 0.4) is 0 Å². The van der Waals surface area contributed by atoms with Gasteiger partial charge in [0.1, 0.15) is 0 Å². The molecule has 0 aliphatic heterocycles. The fourth-order valence-electron chi connectivity index (χ4n) is 1.14. The van der Waals surface area contributed by atoms with Crippen molar-refractivity contribution in [3.05, 3.63) is 46.3 Å². The van der Waals surface area contributed by atoms with E-state index >= 15 is 0 Å². The molecule has 4 heteroatoms. The predicted molar refractivity (Wildman–Crippen MR) is 54.7 cm³/mol. The lowest BCUT2D eigenvalue weighted by atomic mass is 10.2. The Morgan fingerprint density at radius 3 is 2.43 bits per heavy atom. The van der Waals surface area contributed by atoms with Gasteiger partial charge in [-0.05, 0) is 29.1 Å². The van der Waals surface area contributed by atoms with Crippen LogP contribution in [0.5, 0.6) is 0 Å². The predicted octanol–water partition coefficient (Wildman–Crippen LogP) is 4.35. The van der Waals surface area contributed by atoms with Crippen molar-refractivity contribution in [2.24, 2.45) is 0 Å². The number of hydrogen-bond donors (Lipinski definition) is 0. The molecule has 1 aromatic heterocycles. The SMILES string of the molecule is Fc1ccc(-c2sccc2Cl)cc1F. The van der Waals surface area contributed by atoms with E-state index in [1.165, 1.54) is 17.4 Å². The molecule has 0 saturated carbocycles. The molecule has 0 aliphatic rings. The van der Waals surface area contributed by atoms with Gasteiger partial charge in [-0.1, -0.05) is 17.7 Å². The van der Waals surface area contributed by atoms with Crippen LogP contribution in [-0.2, 0) is 0 Å². The Labute approximate surface area is 88.8 Å². The summed E-state index contributed by atoms with van der Waals surface area (Å²) in [6.07, 6.45) is 0. The van der Waals surface area contributed by atoms with E-state index in [0.29, 0.717) is 10.6 Å². The second-order valence-electron chi connectivity index (χ2n) is 2.73. The zero-order valence-electron chi connectivity index (χ0n) is 6.93. The van der Waals surface area contributed by atoms with Crippen molar-refractivity contribution in [1.82, 2.24) is 0 Å². The minimum Gasteiger partial charge on any atom is -0.204 e. The average molecular weight is 231 g/mol. The van der Waals surface area contributed by atoms with Gasteiger partial charge in [-0.25, -0.2) is 8.78 Å². The van der Waals surface area contributed by atoms with E-state index in [1.807, 2.05) is 0 Å². The highest BCUT2D eigenvalue weighted by Gasteiger charge is 2.08. The minimum absolute atomic E-state index is 0.556. The van der Waals surface area contributed by atoms with Crippen LogP contribution >= 0.6 is 22.9 Å². The van der Waals surface area contributed by atoms with E-state index in [4.69, 9.17) is 11.6 Å². The van der Waals surface area contributed by atoms with Gasteiger partial charge in [-0.15, -0.1) is 11.3 Å². The quantitative estimate of drug-likeness (QED) is 0.683. The first kappa shape index (κ1) is 9.62.